The summed E-state index contributed by atoms with van der Waals surface area (Å²) in [5.41, 5.74) is 2.82. The van der Waals surface area contributed by atoms with Crippen molar-refractivity contribution in [1.82, 2.24) is 15.3 Å². The van der Waals surface area contributed by atoms with Crippen LogP contribution in [-0.4, -0.2) is 15.9 Å². The van der Waals surface area contributed by atoms with E-state index in [9.17, 15) is 4.79 Å². The van der Waals surface area contributed by atoms with E-state index in [1.54, 1.807) is 12.4 Å². The Balaban J connectivity index is 1.45. The van der Waals surface area contributed by atoms with Gasteiger partial charge in [0.15, 0.2) is 0 Å². The van der Waals surface area contributed by atoms with Crippen LogP contribution in [-0.2, 0) is 17.8 Å². The lowest BCUT2D eigenvalue weighted by molar-refractivity contribution is -0.122. The third-order valence-electron chi connectivity index (χ3n) is 4.62. The highest BCUT2D eigenvalue weighted by Gasteiger charge is 2.56. The van der Waals surface area contributed by atoms with E-state index in [0.717, 1.165) is 18.7 Å². The van der Waals surface area contributed by atoms with Gasteiger partial charge in [0, 0.05) is 18.3 Å². The van der Waals surface area contributed by atoms with Gasteiger partial charge in [-0.2, -0.15) is 0 Å². The SMILES string of the molecule is O=C(NCc1ncc[nH]1)C1C2CCc3ccccc3C21. The molecule has 4 rings (SSSR count). The Morgan fingerprint density at radius 1 is 1.40 bits per heavy atom. The van der Waals surface area contributed by atoms with Gasteiger partial charge < -0.3 is 10.3 Å². The van der Waals surface area contributed by atoms with Crippen LogP contribution in [0, 0.1) is 11.8 Å². The van der Waals surface area contributed by atoms with Crippen molar-refractivity contribution in [2.75, 3.05) is 0 Å². The van der Waals surface area contributed by atoms with Gasteiger partial charge >= 0.3 is 0 Å². The summed E-state index contributed by atoms with van der Waals surface area (Å²) in [7, 11) is 0. The summed E-state index contributed by atoms with van der Waals surface area (Å²) in [5.74, 6) is 2.13. The van der Waals surface area contributed by atoms with Gasteiger partial charge in [-0.25, -0.2) is 4.98 Å². The maximum Gasteiger partial charge on any atom is 0.224 e. The van der Waals surface area contributed by atoms with Crippen LogP contribution < -0.4 is 5.32 Å². The van der Waals surface area contributed by atoms with Crippen LogP contribution in [0.1, 0.15) is 29.3 Å². The molecule has 3 atom stereocenters. The molecule has 4 nitrogen and oxygen atoms in total. The molecule has 2 aliphatic carbocycles. The van der Waals surface area contributed by atoms with Gasteiger partial charge in [-0.05, 0) is 35.8 Å². The average Bonchev–Trinajstić information content (AvgIpc) is 3.00. The standard InChI is InChI=1S/C16H17N3O/c20-16(19-9-13-17-7-8-18-13)15-12-6-5-10-3-1-2-4-11(10)14(12)15/h1-4,7-8,12,14-15H,5-6,9H2,(H,17,18)(H,19,20). The van der Waals surface area contributed by atoms with Crippen molar-refractivity contribution < 1.29 is 4.79 Å². The number of aromatic nitrogens is 2. The molecule has 4 heteroatoms. The van der Waals surface area contributed by atoms with Crippen LogP contribution in [0.4, 0.5) is 0 Å². The van der Waals surface area contributed by atoms with Crippen molar-refractivity contribution in [3.63, 3.8) is 0 Å². The van der Waals surface area contributed by atoms with Crippen LogP contribution in [0.15, 0.2) is 36.7 Å². The van der Waals surface area contributed by atoms with Crippen molar-refractivity contribution in [3.8, 4) is 0 Å². The maximum absolute atomic E-state index is 12.3. The number of amides is 1. The Kier molecular flexibility index (Phi) is 2.62. The van der Waals surface area contributed by atoms with Gasteiger partial charge in [0.25, 0.3) is 0 Å². The second kappa shape index (κ2) is 4.47. The molecule has 1 fully saturated rings. The number of hydrogen-bond donors (Lipinski definition) is 2. The number of nitrogens with one attached hydrogen (secondary N) is 2. The van der Waals surface area contributed by atoms with E-state index in [4.69, 9.17) is 0 Å². The number of hydrogen-bond acceptors (Lipinski definition) is 2. The summed E-state index contributed by atoms with van der Waals surface area (Å²) in [5, 5.41) is 3.00. The van der Waals surface area contributed by atoms with Crippen LogP contribution in [0.5, 0.6) is 0 Å². The molecule has 1 aromatic carbocycles. The minimum Gasteiger partial charge on any atom is -0.349 e. The number of aromatic amines is 1. The van der Waals surface area contributed by atoms with Gasteiger partial charge in [0.2, 0.25) is 5.91 Å². The number of benzene rings is 1. The normalized spacial score (nSPS) is 26.5. The summed E-state index contributed by atoms with van der Waals surface area (Å²) in [4.78, 5) is 19.5. The quantitative estimate of drug-likeness (QED) is 0.893. The number of carbonyl (C=O) groups is 1. The number of fused-ring (bicyclic) bond motifs is 3. The zero-order valence-corrected chi connectivity index (χ0v) is 11.2. The molecule has 0 aliphatic heterocycles. The molecule has 1 heterocycles. The first-order chi connectivity index (χ1) is 9.84. The topological polar surface area (TPSA) is 57.8 Å². The first-order valence-electron chi connectivity index (χ1n) is 7.18. The summed E-state index contributed by atoms with van der Waals surface area (Å²) in [6, 6.07) is 8.55. The van der Waals surface area contributed by atoms with E-state index < -0.39 is 0 Å². The average molecular weight is 267 g/mol. The number of carbonyl (C=O) groups excluding carboxylic acids is 1. The summed E-state index contributed by atoms with van der Waals surface area (Å²) in [6.45, 7) is 0.490. The predicted molar refractivity (Wildman–Crippen MR) is 74.9 cm³/mol. The van der Waals surface area contributed by atoms with E-state index >= 15 is 0 Å². The third kappa shape index (κ3) is 1.83. The number of rotatable bonds is 3. The Labute approximate surface area is 117 Å². The third-order valence-corrected chi connectivity index (χ3v) is 4.62. The maximum atomic E-state index is 12.3. The summed E-state index contributed by atoms with van der Waals surface area (Å²) >= 11 is 0. The Morgan fingerprint density at radius 2 is 2.30 bits per heavy atom. The van der Waals surface area contributed by atoms with E-state index in [-0.39, 0.29) is 11.8 Å². The van der Waals surface area contributed by atoms with Gasteiger partial charge in [-0.15, -0.1) is 0 Å². The van der Waals surface area contributed by atoms with Crippen LogP contribution in [0.25, 0.3) is 0 Å². The zero-order valence-electron chi connectivity index (χ0n) is 11.2. The molecule has 0 spiro atoms. The molecule has 1 saturated carbocycles. The molecule has 1 aromatic heterocycles. The number of H-pyrrole nitrogens is 1. The highest BCUT2D eigenvalue weighted by molar-refractivity contribution is 5.84. The van der Waals surface area contributed by atoms with Gasteiger partial charge in [-0.1, -0.05) is 24.3 Å². The fourth-order valence-electron chi connectivity index (χ4n) is 3.61. The Morgan fingerprint density at radius 3 is 3.15 bits per heavy atom. The minimum atomic E-state index is 0.161. The van der Waals surface area contributed by atoms with Crippen LogP contribution in [0.2, 0.25) is 0 Å². The lowest BCUT2D eigenvalue weighted by Gasteiger charge is -2.13. The highest BCUT2D eigenvalue weighted by Crippen LogP contribution is 2.59. The smallest absolute Gasteiger partial charge is 0.224 e. The lowest BCUT2D eigenvalue weighted by atomic mass is 9.92. The molecule has 1 amide bonds. The molecular weight excluding hydrogens is 250 g/mol. The highest BCUT2D eigenvalue weighted by atomic mass is 16.2. The number of nitrogens with zero attached hydrogens (tertiary/aromatic N) is 1. The van der Waals surface area contributed by atoms with Crippen molar-refractivity contribution >= 4 is 5.91 Å². The molecule has 0 saturated heterocycles. The van der Waals surface area contributed by atoms with E-state index in [2.05, 4.69) is 39.6 Å². The first-order valence-corrected chi connectivity index (χ1v) is 7.18. The molecule has 102 valence electrons. The largest absolute Gasteiger partial charge is 0.349 e. The molecule has 20 heavy (non-hydrogen) atoms. The van der Waals surface area contributed by atoms with Crippen molar-refractivity contribution in [3.05, 3.63) is 53.6 Å². The summed E-state index contributed by atoms with van der Waals surface area (Å²) < 4.78 is 0. The number of aryl methyl sites for hydroxylation is 1. The van der Waals surface area contributed by atoms with Crippen LogP contribution >= 0.6 is 0 Å². The second-order valence-electron chi connectivity index (χ2n) is 5.71. The van der Waals surface area contributed by atoms with Gasteiger partial charge in [0.05, 0.1) is 6.54 Å². The van der Waals surface area contributed by atoms with Crippen molar-refractivity contribution in [1.29, 1.82) is 0 Å². The monoisotopic (exact) mass is 267 g/mol. The van der Waals surface area contributed by atoms with E-state index in [1.807, 2.05) is 0 Å². The van der Waals surface area contributed by atoms with Gasteiger partial charge in [-0.3, -0.25) is 4.79 Å². The lowest BCUT2D eigenvalue weighted by Crippen LogP contribution is -2.25. The zero-order chi connectivity index (χ0) is 13.5. The molecule has 2 aromatic rings. The molecule has 2 N–H and O–H groups in total. The molecule has 2 aliphatic rings. The molecule has 0 bridgehead atoms. The number of imidazole rings is 1. The minimum absolute atomic E-state index is 0.161. The van der Waals surface area contributed by atoms with Crippen LogP contribution in [0.3, 0.4) is 0 Å². The molecule has 3 unspecified atom stereocenters. The fourth-order valence-corrected chi connectivity index (χ4v) is 3.61. The summed E-state index contributed by atoms with van der Waals surface area (Å²) in [6.07, 6.45) is 5.73. The molecular formula is C16H17N3O. The second-order valence-corrected chi connectivity index (χ2v) is 5.71. The van der Waals surface area contributed by atoms with E-state index in [0.29, 0.717) is 18.4 Å². The first kappa shape index (κ1) is 11.7. The van der Waals surface area contributed by atoms with Gasteiger partial charge in [0.1, 0.15) is 5.82 Å². The van der Waals surface area contributed by atoms with Crippen molar-refractivity contribution in [2.24, 2.45) is 11.8 Å². The predicted octanol–water partition coefficient (Wildman–Crippen LogP) is 2.00. The Bertz CT molecular complexity index is 635. The molecule has 0 radical (unpaired) electrons. The van der Waals surface area contributed by atoms with Crippen molar-refractivity contribution in [2.45, 2.75) is 25.3 Å². The Hall–Kier alpha value is -2.10. The fraction of sp³-hybridized carbons (Fsp3) is 0.375. The van der Waals surface area contributed by atoms with E-state index in [1.165, 1.54) is 11.1 Å².